The number of carboxylic acids is 1. The van der Waals surface area contributed by atoms with E-state index in [4.69, 9.17) is 5.11 Å². The highest BCUT2D eigenvalue weighted by Crippen LogP contribution is 2.26. The fourth-order valence-electron chi connectivity index (χ4n) is 2.49. The number of nitrogens with zero attached hydrogens (tertiary/aromatic N) is 1. The van der Waals surface area contributed by atoms with Crippen LogP contribution in [0.4, 0.5) is 5.69 Å². The van der Waals surface area contributed by atoms with E-state index in [1.807, 2.05) is 0 Å². The molecule has 0 aromatic heterocycles. The molecule has 0 heterocycles. The maximum absolute atomic E-state index is 12.2. The monoisotopic (exact) mass is 328 g/mol. The van der Waals surface area contributed by atoms with Crippen molar-refractivity contribution in [2.45, 2.75) is 36.6 Å². The van der Waals surface area contributed by atoms with Gasteiger partial charge in [0.05, 0.1) is 15.7 Å². The van der Waals surface area contributed by atoms with Crippen LogP contribution >= 0.6 is 0 Å². The number of hydrogen-bond donors (Lipinski definition) is 2. The lowest BCUT2D eigenvalue weighted by Gasteiger charge is -2.26. The lowest BCUT2D eigenvalue weighted by molar-refractivity contribution is -0.384. The molecule has 0 unspecified atom stereocenters. The molecule has 22 heavy (non-hydrogen) atoms. The van der Waals surface area contributed by atoms with Crippen molar-refractivity contribution in [3.8, 4) is 0 Å². The Bertz CT molecular complexity index is 662. The van der Waals surface area contributed by atoms with Crippen LogP contribution in [0.2, 0.25) is 0 Å². The molecule has 120 valence electrons. The first-order valence-electron chi connectivity index (χ1n) is 6.79. The van der Waals surface area contributed by atoms with E-state index in [0.717, 1.165) is 12.1 Å². The van der Waals surface area contributed by atoms with E-state index in [2.05, 4.69) is 4.72 Å². The molecule has 8 nitrogen and oxygen atoms in total. The Morgan fingerprint density at radius 1 is 1.18 bits per heavy atom. The fourth-order valence-corrected chi connectivity index (χ4v) is 3.80. The molecule has 1 fully saturated rings. The number of sulfonamides is 1. The Labute approximate surface area is 127 Å². The van der Waals surface area contributed by atoms with Gasteiger partial charge < -0.3 is 5.11 Å². The summed E-state index contributed by atoms with van der Waals surface area (Å²) in [6.07, 6.45) is 1.79. The average Bonchev–Trinajstić information content (AvgIpc) is 2.47. The van der Waals surface area contributed by atoms with Crippen molar-refractivity contribution in [1.82, 2.24) is 4.72 Å². The van der Waals surface area contributed by atoms with E-state index in [1.54, 1.807) is 0 Å². The van der Waals surface area contributed by atoms with Crippen LogP contribution in [0.5, 0.6) is 0 Å². The van der Waals surface area contributed by atoms with Gasteiger partial charge in [0.1, 0.15) is 0 Å². The highest BCUT2D eigenvalue weighted by molar-refractivity contribution is 7.89. The predicted molar refractivity (Wildman–Crippen MR) is 76.8 cm³/mol. The number of aliphatic carboxylic acids is 1. The van der Waals surface area contributed by atoms with Gasteiger partial charge in [-0.2, -0.15) is 0 Å². The van der Waals surface area contributed by atoms with Crippen LogP contribution in [0.15, 0.2) is 29.2 Å². The first-order valence-corrected chi connectivity index (χ1v) is 8.27. The molecule has 1 aromatic rings. The highest BCUT2D eigenvalue weighted by atomic mass is 32.2. The van der Waals surface area contributed by atoms with Crippen molar-refractivity contribution < 1.29 is 23.2 Å². The summed E-state index contributed by atoms with van der Waals surface area (Å²) in [7, 11) is -3.76. The standard InChI is InChI=1S/C13H16N2O6S/c16-13(17)9-1-3-10(4-2-9)14-22(20,21)12-7-5-11(6-8-12)15(18)19/h5-10,14H,1-4H2,(H,16,17). The van der Waals surface area contributed by atoms with E-state index in [9.17, 15) is 23.3 Å². The smallest absolute Gasteiger partial charge is 0.306 e. The minimum atomic E-state index is -3.76. The molecular weight excluding hydrogens is 312 g/mol. The summed E-state index contributed by atoms with van der Waals surface area (Å²) < 4.78 is 26.9. The summed E-state index contributed by atoms with van der Waals surface area (Å²) >= 11 is 0. The van der Waals surface area contributed by atoms with Crippen molar-refractivity contribution in [3.05, 3.63) is 34.4 Å². The van der Waals surface area contributed by atoms with Crippen LogP contribution in [0, 0.1) is 16.0 Å². The number of non-ortho nitro benzene ring substituents is 1. The molecule has 0 amide bonds. The number of hydrogen-bond acceptors (Lipinski definition) is 5. The Hall–Kier alpha value is -2.00. The Balaban J connectivity index is 2.02. The molecule has 0 bridgehead atoms. The van der Waals surface area contributed by atoms with Crippen molar-refractivity contribution in [2.24, 2.45) is 5.92 Å². The third-order valence-electron chi connectivity index (χ3n) is 3.76. The minimum Gasteiger partial charge on any atom is -0.481 e. The Morgan fingerprint density at radius 2 is 1.73 bits per heavy atom. The first-order chi connectivity index (χ1) is 10.3. The summed E-state index contributed by atoms with van der Waals surface area (Å²) in [5.74, 6) is -1.27. The number of nitrogens with one attached hydrogen (secondary N) is 1. The van der Waals surface area contributed by atoms with Crippen LogP contribution < -0.4 is 4.72 Å². The van der Waals surface area contributed by atoms with Crippen LogP contribution in [0.25, 0.3) is 0 Å². The molecule has 1 saturated carbocycles. The van der Waals surface area contributed by atoms with Gasteiger partial charge in [-0.05, 0) is 37.8 Å². The summed E-state index contributed by atoms with van der Waals surface area (Å²) in [4.78, 5) is 20.8. The van der Waals surface area contributed by atoms with Crippen molar-refractivity contribution in [1.29, 1.82) is 0 Å². The maximum atomic E-state index is 12.2. The normalized spacial score (nSPS) is 22.2. The number of carboxylic acid groups (broad SMARTS) is 1. The zero-order valence-corrected chi connectivity index (χ0v) is 12.5. The van der Waals surface area contributed by atoms with Gasteiger partial charge in [0.15, 0.2) is 0 Å². The maximum Gasteiger partial charge on any atom is 0.306 e. The van der Waals surface area contributed by atoms with Crippen molar-refractivity contribution in [2.75, 3.05) is 0 Å². The topological polar surface area (TPSA) is 127 Å². The van der Waals surface area contributed by atoms with Crippen molar-refractivity contribution in [3.63, 3.8) is 0 Å². The van der Waals surface area contributed by atoms with Gasteiger partial charge in [0.25, 0.3) is 5.69 Å². The molecule has 9 heteroatoms. The van der Waals surface area contributed by atoms with E-state index < -0.39 is 26.8 Å². The van der Waals surface area contributed by atoms with Crippen molar-refractivity contribution >= 4 is 21.7 Å². The second-order valence-electron chi connectivity index (χ2n) is 5.26. The fraction of sp³-hybridized carbons (Fsp3) is 0.462. The second kappa shape index (κ2) is 6.41. The van der Waals surface area contributed by atoms with E-state index in [1.165, 1.54) is 12.1 Å². The van der Waals surface area contributed by atoms with Gasteiger partial charge in [-0.3, -0.25) is 14.9 Å². The second-order valence-corrected chi connectivity index (χ2v) is 6.97. The average molecular weight is 328 g/mol. The van der Waals surface area contributed by atoms with E-state index in [-0.39, 0.29) is 16.6 Å². The molecule has 0 saturated heterocycles. The third-order valence-corrected chi connectivity index (χ3v) is 5.29. The van der Waals surface area contributed by atoms with Gasteiger partial charge in [0.2, 0.25) is 10.0 Å². The summed E-state index contributed by atoms with van der Waals surface area (Å²) in [5.41, 5.74) is -0.180. The Kier molecular flexibility index (Phi) is 4.77. The Morgan fingerprint density at radius 3 is 2.18 bits per heavy atom. The molecule has 0 atom stereocenters. The molecule has 1 aromatic carbocycles. The molecule has 1 aliphatic carbocycles. The molecule has 0 radical (unpaired) electrons. The largest absolute Gasteiger partial charge is 0.481 e. The van der Waals surface area contributed by atoms with Crippen LogP contribution in [-0.2, 0) is 14.8 Å². The number of carbonyl (C=O) groups is 1. The zero-order valence-electron chi connectivity index (χ0n) is 11.6. The van der Waals surface area contributed by atoms with Gasteiger partial charge in [-0.25, -0.2) is 13.1 Å². The lowest BCUT2D eigenvalue weighted by Crippen LogP contribution is -2.38. The van der Waals surface area contributed by atoms with Gasteiger partial charge in [-0.1, -0.05) is 0 Å². The zero-order chi connectivity index (χ0) is 16.3. The van der Waals surface area contributed by atoms with Gasteiger partial charge in [0, 0.05) is 18.2 Å². The number of nitro benzene ring substituents is 1. The van der Waals surface area contributed by atoms with Crippen LogP contribution in [0.3, 0.4) is 0 Å². The lowest BCUT2D eigenvalue weighted by atomic mass is 9.87. The summed E-state index contributed by atoms with van der Waals surface area (Å²) in [6.45, 7) is 0. The molecular formula is C13H16N2O6S. The molecule has 2 rings (SSSR count). The number of nitro groups is 1. The third kappa shape index (κ3) is 3.80. The highest BCUT2D eigenvalue weighted by Gasteiger charge is 2.29. The summed E-state index contributed by atoms with van der Waals surface area (Å²) in [6, 6.07) is 4.33. The van der Waals surface area contributed by atoms with E-state index in [0.29, 0.717) is 25.7 Å². The van der Waals surface area contributed by atoms with Crippen LogP contribution in [-0.4, -0.2) is 30.5 Å². The quantitative estimate of drug-likeness (QED) is 0.623. The van der Waals surface area contributed by atoms with E-state index >= 15 is 0 Å². The molecule has 0 spiro atoms. The first kappa shape index (κ1) is 16.4. The van der Waals surface area contributed by atoms with Gasteiger partial charge in [-0.15, -0.1) is 0 Å². The predicted octanol–water partition coefficient (Wildman–Crippen LogP) is 1.52. The molecule has 1 aliphatic rings. The molecule has 2 N–H and O–H groups in total. The SMILES string of the molecule is O=C(O)C1CCC(NS(=O)(=O)c2ccc([N+](=O)[O-])cc2)CC1. The molecule has 0 aliphatic heterocycles. The minimum absolute atomic E-state index is 0.0431. The number of benzene rings is 1. The van der Waals surface area contributed by atoms with Crippen LogP contribution in [0.1, 0.15) is 25.7 Å². The number of rotatable bonds is 5. The van der Waals surface area contributed by atoms with Gasteiger partial charge >= 0.3 is 5.97 Å². The summed E-state index contributed by atoms with van der Waals surface area (Å²) in [5, 5.41) is 19.5.